The van der Waals surface area contributed by atoms with E-state index in [9.17, 15) is 0 Å². The highest BCUT2D eigenvalue weighted by molar-refractivity contribution is 9.10. The molecule has 0 amide bonds. The van der Waals surface area contributed by atoms with Crippen LogP contribution in [0.25, 0.3) is 5.82 Å². The zero-order chi connectivity index (χ0) is 14.7. The Bertz CT molecular complexity index is 719. The molecule has 0 bridgehead atoms. The standard InChI is InChI=1S/C14H14BrN5O/c1-10-7-9-20(19-10)14-5-4-13(17-18-14)16-8-6-11-2-3-12(15)21-11/h2-5,7,9H,6,8H2,1H3,(H,16,17). The molecule has 0 unspecified atom stereocenters. The maximum atomic E-state index is 5.43. The van der Waals surface area contributed by atoms with Gasteiger partial charge in [0.05, 0.1) is 5.69 Å². The predicted molar refractivity (Wildman–Crippen MR) is 82.5 cm³/mol. The van der Waals surface area contributed by atoms with Gasteiger partial charge in [-0.25, -0.2) is 4.68 Å². The van der Waals surface area contributed by atoms with E-state index in [1.807, 2.05) is 43.5 Å². The zero-order valence-corrected chi connectivity index (χ0v) is 13.0. The fraction of sp³-hybridized carbons (Fsp3) is 0.214. The minimum Gasteiger partial charge on any atom is -0.454 e. The van der Waals surface area contributed by atoms with Crippen LogP contribution in [0, 0.1) is 6.92 Å². The van der Waals surface area contributed by atoms with Crippen LogP contribution < -0.4 is 5.32 Å². The highest BCUT2D eigenvalue weighted by atomic mass is 79.9. The van der Waals surface area contributed by atoms with Crippen molar-refractivity contribution in [1.29, 1.82) is 0 Å². The number of nitrogens with zero attached hydrogens (tertiary/aromatic N) is 4. The van der Waals surface area contributed by atoms with Crippen molar-refractivity contribution in [3.05, 3.63) is 52.7 Å². The highest BCUT2D eigenvalue weighted by Crippen LogP contribution is 2.14. The molecule has 0 aliphatic carbocycles. The molecule has 3 aromatic rings. The summed E-state index contributed by atoms with van der Waals surface area (Å²) in [5, 5.41) is 15.8. The van der Waals surface area contributed by atoms with E-state index in [4.69, 9.17) is 4.42 Å². The Morgan fingerprint density at radius 1 is 1.19 bits per heavy atom. The molecule has 0 saturated heterocycles. The second-order valence-corrected chi connectivity index (χ2v) is 5.34. The Morgan fingerprint density at radius 3 is 2.71 bits per heavy atom. The number of hydrogen-bond acceptors (Lipinski definition) is 5. The van der Waals surface area contributed by atoms with E-state index >= 15 is 0 Å². The van der Waals surface area contributed by atoms with Crippen LogP contribution in [-0.4, -0.2) is 26.5 Å². The fourth-order valence-electron chi connectivity index (χ4n) is 1.88. The maximum Gasteiger partial charge on any atom is 0.175 e. The van der Waals surface area contributed by atoms with Gasteiger partial charge in [-0.15, -0.1) is 10.2 Å². The van der Waals surface area contributed by atoms with E-state index in [-0.39, 0.29) is 0 Å². The van der Waals surface area contributed by atoms with Crippen LogP contribution in [0.5, 0.6) is 0 Å². The van der Waals surface area contributed by atoms with Gasteiger partial charge in [-0.2, -0.15) is 5.10 Å². The number of nitrogens with one attached hydrogen (secondary N) is 1. The van der Waals surface area contributed by atoms with Crippen molar-refractivity contribution in [3.8, 4) is 5.82 Å². The molecule has 108 valence electrons. The number of anilines is 1. The summed E-state index contributed by atoms with van der Waals surface area (Å²) in [5.74, 6) is 2.35. The first-order valence-electron chi connectivity index (χ1n) is 6.55. The summed E-state index contributed by atoms with van der Waals surface area (Å²) in [7, 11) is 0. The Labute approximate surface area is 130 Å². The van der Waals surface area contributed by atoms with E-state index < -0.39 is 0 Å². The van der Waals surface area contributed by atoms with E-state index in [1.54, 1.807) is 4.68 Å². The van der Waals surface area contributed by atoms with Crippen LogP contribution in [0.1, 0.15) is 11.5 Å². The largest absolute Gasteiger partial charge is 0.454 e. The van der Waals surface area contributed by atoms with Gasteiger partial charge in [0.15, 0.2) is 10.5 Å². The van der Waals surface area contributed by atoms with E-state index in [0.717, 1.165) is 34.9 Å². The normalized spacial score (nSPS) is 10.8. The van der Waals surface area contributed by atoms with Gasteiger partial charge in [0, 0.05) is 19.2 Å². The van der Waals surface area contributed by atoms with E-state index in [0.29, 0.717) is 5.82 Å². The molecule has 0 radical (unpaired) electrons. The van der Waals surface area contributed by atoms with Crippen molar-refractivity contribution >= 4 is 21.7 Å². The quantitative estimate of drug-likeness (QED) is 0.768. The molecule has 21 heavy (non-hydrogen) atoms. The molecule has 0 aliphatic heterocycles. The molecule has 0 aromatic carbocycles. The van der Waals surface area contributed by atoms with Crippen molar-refractivity contribution in [2.24, 2.45) is 0 Å². The Morgan fingerprint density at radius 2 is 2.10 bits per heavy atom. The number of rotatable bonds is 5. The van der Waals surface area contributed by atoms with E-state index in [1.165, 1.54) is 0 Å². The van der Waals surface area contributed by atoms with Crippen molar-refractivity contribution < 1.29 is 4.42 Å². The van der Waals surface area contributed by atoms with Crippen molar-refractivity contribution in [3.63, 3.8) is 0 Å². The molecule has 1 N–H and O–H groups in total. The van der Waals surface area contributed by atoms with Gasteiger partial charge in [0.25, 0.3) is 0 Å². The third kappa shape index (κ3) is 3.49. The minimum atomic E-state index is 0.698. The number of aryl methyl sites for hydroxylation is 1. The molecule has 0 spiro atoms. The summed E-state index contributed by atoms with van der Waals surface area (Å²) in [6.45, 7) is 2.67. The lowest BCUT2D eigenvalue weighted by Gasteiger charge is -2.04. The van der Waals surface area contributed by atoms with Crippen LogP contribution >= 0.6 is 15.9 Å². The maximum absolute atomic E-state index is 5.43. The second-order valence-electron chi connectivity index (χ2n) is 4.56. The summed E-state index contributed by atoms with van der Waals surface area (Å²) in [6.07, 6.45) is 2.65. The smallest absolute Gasteiger partial charge is 0.175 e. The number of halogens is 1. The van der Waals surface area contributed by atoms with Gasteiger partial charge in [-0.3, -0.25) is 0 Å². The summed E-state index contributed by atoms with van der Waals surface area (Å²) in [4.78, 5) is 0. The average molecular weight is 348 g/mol. The lowest BCUT2D eigenvalue weighted by Crippen LogP contribution is -2.08. The molecule has 3 heterocycles. The number of hydrogen-bond donors (Lipinski definition) is 1. The molecule has 7 heteroatoms. The third-order valence-corrected chi connectivity index (χ3v) is 3.34. The first-order chi connectivity index (χ1) is 10.2. The highest BCUT2D eigenvalue weighted by Gasteiger charge is 2.03. The van der Waals surface area contributed by atoms with Gasteiger partial charge in [-0.1, -0.05) is 0 Å². The van der Waals surface area contributed by atoms with Crippen molar-refractivity contribution in [2.75, 3.05) is 11.9 Å². The van der Waals surface area contributed by atoms with E-state index in [2.05, 4.69) is 36.5 Å². The number of furan rings is 1. The minimum absolute atomic E-state index is 0.698. The lowest BCUT2D eigenvalue weighted by atomic mass is 10.3. The summed E-state index contributed by atoms with van der Waals surface area (Å²) in [6, 6.07) is 9.52. The molecule has 6 nitrogen and oxygen atoms in total. The van der Waals surface area contributed by atoms with Gasteiger partial charge >= 0.3 is 0 Å². The van der Waals surface area contributed by atoms with Crippen LogP contribution in [0.15, 0.2) is 45.6 Å². The fourth-order valence-corrected chi connectivity index (χ4v) is 2.22. The van der Waals surface area contributed by atoms with Crippen LogP contribution in [0.4, 0.5) is 5.82 Å². The first kappa shape index (κ1) is 13.8. The van der Waals surface area contributed by atoms with Gasteiger partial charge in [-0.05, 0) is 53.2 Å². The monoisotopic (exact) mass is 347 g/mol. The van der Waals surface area contributed by atoms with Crippen LogP contribution in [0.3, 0.4) is 0 Å². The molecular formula is C14H14BrN5O. The Kier molecular flexibility index (Phi) is 4.01. The molecule has 3 rings (SSSR count). The molecule has 0 saturated carbocycles. The molecule has 0 fully saturated rings. The summed E-state index contributed by atoms with van der Waals surface area (Å²) < 4.78 is 7.88. The molecule has 0 aliphatic rings. The SMILES string of the molecule is Cc1ccn(-c2ccc(NCCc3ccc(Br)o3)nn2)n1. The Balaban J connectivity index is 1.57. The molecular weight excluding hydrogens is 334 g/mol. The summed E-state index contributed by atoms with van der Waals surface area (Å²) in [5.41, 5.74) is 0.948. The Hall–Kier alpha value is -2.15. The molecule has 3 aromatic heterocycles. The summed E-state index contributed by atoms with van der Waals surface area (Å²) >= 11 is 3.28. The van der Waals surface area contributed by atoms with Gasteiger partial charge in [0.1, 0.15) is 11.6 Å². The molecule has 0 atom stereocenters. The first-order valence-corrected chi connectivity index (χ1v) is 7.34. The second kappa shape index (κ2) is 6.09. The van der Waals surface area contributed by atoms with Crippen molar-refractivity contribution in [2.45, 2.75) is 13.3 Å². The third-order valence-electron chi connectivity index (χ3n) is 2.91. The van der Waals surface area contributed by atoms with Crippen LogP contribution in [-0.2, 0) is 6.42 Å². The van der Waals surface area contributed by atoms with Gasteiger partial charge < -0.3 is 9.73 Å². The predicted octanol–water partition coefficient (Wildman–Crippen LogP) is 2.98. The average Bonchev–Trinajstić information content (AvgIpc) is 3.09. The topological polar surface area (TPSA) is 68.8 Å². The number of aromatic nitrogens is 4. The lowest BCUT2D eigenvalue weighted by molar-refractivity contribution is 0.491. The van der Waals surface area contributed by atoms with Crippen molar-refractivity contribution in [1.82, 2.24) is 20.0 Å². The van der Waals surface area contributed by atoms with Crippen LogP contribution in [0.2, 0.25) is 0 Å². The zero-order valence-electron chi connectivity index (χ0n) is 11.5. The van der Waals surface area contributed by atoms with Gasteiger partial charge in [0.2, 0.25) is 0 Å².